The van der Waals surface area contributed by atoms with E-state index in [4.69, 9.17) is 0 Å². The average molecular weight is 316 g/mol. The summed E-state index contributed by atoms with van der Waals surface area (Å²) >= 11 is 0. The lowest BCUT2D eigenvalue weighted by atomic mass is 9.77. The van der Waals surface area contributed by atoms with Crippen LogP contribution in [0.3, 0.4) is 0 Å². The van der Waals surface area contributed by atoms with Crippen LogP contribution in [-0.4, -0.2) is 44.0 Å². The SMILES string of the molecule is O[C@H]1C[C@@H]2CN(Cc3ccncc3F)C[C@@H]2C[C@@H]1n1cccn1. The van der Waals surface area contributed by atoms with Crippen molar-refractivity contribution in [1.29, 1.82) is 0 Å². The highest BCUT2D eigenvalue weighted by atomic mass is 19.1. The van der Waals surface area contributed by atoms with E-state index in [1.807, 2.05) is 16.9 Å². The monoisotopic (exact) mass is 316 g/mol. The molecule has 2 aromatic rings. The molecule has 23 heavy (non-hydrogen) atoms. The van der Waals surface area contributed by atoms with Crippen molar-refractivity contribution in [2.24, 2.45) is 11.8 Å². The Bertz CT molecular complexity index is 662. The van der Waals surface area contributed by atoms with E-state index in [1.54, 1.807) is 18.5 Å². The molecule has 4 rings (SSSR count). The topological polar surface area (TPSA) is 54.2 Å². The zero-order valence-electron chi connectivity index (χ0n) is 12.9. The zero-order valence-corrected chi connectivity index (χ0v) is 12.9. The van der Waals surface area contributed by atoms with Crippen LogP contribution in [0.2, 0.25) is 0 Å². The van der Waals surface area contributed by atoms with Gasteiger partial charge < -0.3 is 5.11 Å². The summed E-state index contributed by atoms with van der Waals surface area (Å²) in [5.41, 5.74) is 0.697. The minimum atomic E-state index is -0.353. The Balaban J connectivity index is 1.44. The second-order valence-electron chi connectivity index (χ2n) is 6.77. The van der Waals surface area contributed by atoms with Gasteiger partial charge in [0.25, 0.3) is 0 Å². The van der Waals surface area contributed by atoms with Gasteiger partial charge in [0.15, 0.2) is 0 Å². The molecule has 0 unspecified atom stereocenters. The smallest absolute Gasteiger partial charge is 0.145 e. The lowest BCUT2D eigenvalue weighted by Gasteiger charge is -2.35. The normalized spacial score (nSPS) is 31.2. The third-order valence-electron chi connectivity index (χ3n) is 5.30. The second kappa shape index (κ2) is 6.02. The molecule has 0 bridgehead atoms. The van der Waals surface area contributed by atoms with Gasteiger partial charge in [0.05, 0.1) is 18.3 Å². The van der Waals surface area contributed by atoms with Crippen molar-refractivity contribution in [1.82, 2.24) is 19.7 Å². The highest BCUT2D eigenvalue weighted by Gasteiger charge is 2.42. The average Bonchev–Trinajstić information content (AvgIpc) is 3.17. The van der Waals surface area contributed by atoms with Crippen molar-refractivity contribution in [3.05, 3.63) is 48.3 Å². The first-order chi connectivity index (χ1) is 11.2. The van der Waals surface area contributed by atoms with Gasteiger partial charge in [-0.3, -0.25) is 14.6 Å². The fraction of sp³-hybridized carbons (Fsp3) is 0.529. The molecule has 0 amide bonds. The summed E-state index contributed by atoms with van der Waals surface area (Å²) in [7, 11) is 0. The summed E-state index contributed by atoms with van der Waals surface area (Å²) in [6.45, 7) is 2.50. The molecule has 122 valence electrons. The molecule has 0 radical (unpaired) electrons. The van der Waals surface area contributed by atoms with E-state index in [0.717, 1.165) is 25.9 Å². The lowest BCUT2D eigenvalue weighted by Crippen LogP contribution is -2.36. The quantitative estimate of drug-likeness (QED) is 0.939. The van der Waals surface area contributed by atoms with E-state index < -0.39 is 0 Å². The maximum Gasteiger partial charge on any atom is 0.145 e. The van der Waals surface area contributed by atoms with Crippen LogP contribution >= 0.6 is 0 Å². The van der Waals surface area contributed by atoms with Gasteiger partial charge >= 0.3 is 0 Å². The summed E-state index contributed by atoms with van der Waals surface area (Å²) in [5.74, 6) is 0.788. The molecular formula is C17H21FN4O. The van der Waals surface area contributed by atoms with Crippen molar-refractivity contribution in [2.75, 3.05) is 13.1 Å². The van der Waals surface area contributed by atoms with Crippen LogP contribution in [-0.2, 0) is 6.54 Å². The summed E-state index contributed by atoms with van der Waals surface area (Å²) in [5, 5.41) is 14.7. The first-order valence-corrected chi connectivity index (χ1v) is 8.18. The molecule has 1 saturated heterocycles. The fourth-order valence-corrected chi connectivity index (χ4v) is 4.17. The Labute approximate surface area is 134 Å². The molecule has 0 aromatic carbocycles. The van der Waals surface area contributed by atoms with E-state index in [2.05, 4.69) is 15.0 Å². The number of pyridine rings is 1. The number of aliphatic hydroxyl groups excluding tert-OH is 1. The van der Waals surface area contributed by atoms with Crippen LogP contribution < -0.4 is 0 Å². The van der Waals surface area contributed by atoms with E-state index in [1.165, 1.54) is 6.20 Å². The van der Waals surface area contributed by atoms with Gasteiger partial charge in [0, 0.05) is 43.8 Å². The summed E-state index contributed by atoms with van der Waals surface area (Å²) in [4.78, 5) is 6.10. The number of aliphatic hydroxyl groups is 1. The Kier molecular flexibility index (Phi) is 3.87. The number of hydrogen-bond acceptors (Lipinski definition) is 4. The first-order valence-electron chi connectivity index (χ1n) is 8.18. The van der Waals surface area contributed by atoms with Gasteiger partial charge in [0.1, 0.15) is 5.82 Å². The molecule has 6 heteroatoms. The van der Waals surface area contributed by atoms with Crippen molar-refractivity contribution < 1.29 is 9.50 Å². The Morgan fingerprint density at radius 2 is 2.04 bits per heavy atom. The summed E-state index contributed by atoms with van der Waals surface area (Å²) < 4.78 is 15.7. The zero-order chi connectivity index (χ0) is 15.8. The number of aromatic nitrogens is 3. The van der Waals surface area contributed by atoms with Crippen LogP contribution in [0.4, 0.5) is 4.39 Å². The molecular weight excluding hydrogens is 295 g/mol. The van der Waals surface area contributed by atoms with Crippen molar-refractivity contribution in [3.63, 3.8) is 0 Å². The lowest BCUT2D eigenvalue weighted by molar-refractivity contribution is 0.0306. The number of nitrogens with zero attached hydrogens (tertiary/aromatic N) is 4. The molecule has 1 saturated carbocycles. The molecule has 0 spiro atoms. The highest BCUT2D eigenvalue weighted by Crippen LogP contribution is 2.41. The number of likely N-dealkylation sites (tertiary alicyclic amines) is 1. The number of fused-ring (bicyclic) bond motifs is 1. The molecule has 1 aliphatic carbocycles. The second-order valence-corrected chi connectivity index (χ2v) is 6.77. The minimum absolute atomic E-state index is 0.0591. The number of rotatable bonds is 3. The van der Waals surface area contributed by atoms with E-state index in [9.17, 15) is 9.50 Å². The Hall–Kier alpha value is -1.79. The van der Waals surface area contributed by atoms with Gasteiger partial charge in [-0.15, -0.1) is 0 Å². The molecule has 5 nitrogen and oxygen atoms in total. The van der Waals surface area contributed by atoms with Crippen LogP contribution in [0, 0.1) is 17.7 Å². The third-order valence-corrected chi connectivity index (χ3v) is 5.30. The third kappa shape index (κ3) is 2.88. The minimum Gasteiger partial charge on any atom is -0.391 e. The van der Waals surface area contributed by atoms with Gasteiger partial charge in [-0.25, -0.2) is 4.39 Å². The molecule has 2 fully saturated rings. The van der Waals surface area contributed by atoms with Crippen molar-refractivity contribution in [3.8, 4) is 0 Å². The Morgan fingerprint density at radius 1 is 1.22 bits per heavy atom. The van der Waals surface area contributed by atoms with Crippen molar-refractivity contribution >= 4 is 0 Å². The molecule has 2 aliphatic rings. The van der Waals surface area contributed by atoms with Gasteiger partial charge in [0.2, 0.25) is 0 Å². The van der Waals surface area contributed by atoms with Gasteiger partial charge in [-0.05, 0) is 36.8 Å². The maximum absolute atomic E-state index is 13.8. The summed E-state index contributed by atoms with van der Waals surface area (Å²) in [6.07, 6.45) is 7.97. The number of hydrogen-bond donors (Lipinski definition) is 1. The molecule has 1 N–H and O–H groups in total. The molecule has 1 aliphatic heterocycles. The predicted molar refractivity (Wildman–Crippen MR) is 83.0 cm³/mol. The van der Waals surface area contributed by atoms with Crippen LogP contribution in [0.1, 0.15) is 24.4 Å². The number of halogens is 1. The van der Waals surface area contributed by atoms with E-state index in [0.29, 0.717) is 23.9 Å². The molecule has 4 atom stereocenters. The Morgan fingerprint density at radius 3 is 2.78 bits per heavy atom. The first kappa shape index (κ1) is 14.8. The molecule has 3 heterocycles. The van der Waals surface area contributed by atoms with E-state index in [-0.39, 0.29) is 18.0 Å². The van der Waals surface area contributed by atoms with Crippen LogP contribution in [0.25, 0.3) is 0 Å². The maximum atomic E-state index is 13.8. The largest absolute Gasteiger partial charge is 0.391 e. The standard InChI is InChI=1S/C17H21FN4O/c18-15-8-19-4-2-12(15)9-21-10-13-6-16(22-5-1-3-20-22)17(23)7-14(13)11-21/h1-5,8,13-14,16-17,23H,6-7,9-11H2/t13-,14+,16-,17-/m0/s1. The highest BCUT2D eigenvalue weighted by molar-refractivity contribution is 5.13. The van der Waals surface area contributed by atoms with Crippen LogP contribution in [0.15, 0.2) is 36.9 Å². The van der Waals surface area contributed by atoms with Crippen molar-refractivity contribution in [2.45, 2.75) is 31.5 Å². The molecule has 2 aromatic heterocycles. The van der Waals surface area contributed by atoms with Gasteiger partial charge in [-0.2, -0.15) is 5.10 Å². The van der Waals surface area contributed by atoms with Crippen LogP contribution in [0.5, 0.6) is 0 Å². The fourth-order valence-electron chi connectivity index (χ4n) is 4.17. The summed E-state index contributed by atoms with van der Waals surface area (Å²) in [6, 6.07) is 3.70. The van der Waals surface area contributed by atoms with Gasteiger partial charge in [-0.1, -0.05) is 0 Å². The predicted octanol–water partition coefficient (Wildman–Crippen LogP) is 1.86. The van der Waals surface area contributed by atoms with E-state index >= 15 is 0 Å².